The second-order valence-corrected chi connectivity index (χ2v) is 8.93. The van der Waals surface area contributed by atoms with Gasteiger partial charge in [-0.3, -0.25) is 9.59 Å². The molecule has 0 aromatic rings. The van der Waals surface area contributed by atoms with Crippen LogP contribution in [0.25, 0.3) is 0 Å². The highest BCUT2D eigenvalue weighted by Crippen LogP contribution is 2.11. The van der Waals surface area contributed by atoms with E-state index in [9.17, 15) is 14.7 Å². The minimum Gasteiger partial charge on any atom is -0.480 e. The van der Waals surface area contributed by atoms with Crippen molar-refractivity contribution in [3.05, 3.63) is 0 Å². The molecule has 0 fully saturated rings. The van der Waals surface area contributed by atoms with Gasteiger partial charge in [0.25, 0.3) is 0 Å². The molecule has 0 aliphatic carbocycles. The van der Waals surface area contributed by atoms with Crippen LogP contribution in [0.3, 0.4) is 0 Å². The second kappa shape index (κ2) is 23.6. The van der Waals surface area contributed by atoms with E-state index in [0.717, 1.165) is 25.7 Å². The number of carbonyl (C=O) groups is 2. The van der Waals surface area contributed by atoms with Gasteiger partial charge in [0, 0.05) is 0 Å². The quantitative estimate of drug-likeness (QED) is 0.124. The molecule has 0 aromatic heterocycles. The first-order chi connectivity index (χ1) is 15.1. The molecule has 2 N–H and O–H groups in total. The van der Waals surface area contributed by atoms with Crippen LogP contribution in [0, 0.1) is 0 Å². The first-order valence-electron chi connectivity index (χ1n) is 13.2. The highest BCUT2D eigenvalue weighted by Gasteiger charge is 2.21. The molecule has 0 amide bonds. The van der Waals surface area contributed by atoms with Crippen molar-refractivity contribution in [1.82, 2.24) is 5.32 Å². The molecule has 0 spiro atoms. The normalized spacial score (nSPS) is 12.1. The largest absolute Gasteiger partial charge is 0.480 e. The Hall–Kier alpha value is -1.10. The average Bonchev–Trinajstić information content (AvgIpc) is 2.75. The van der Waals surface area contributed by atoms with Crippen LogP contribution in [-0.4, -0.2) is 36.2 Å². The van der Waals surface area contributed by atoms with Crippen molar-refractivity contribution in [2.75, 3.05) is 13.2 Å². The molecule has 31 heavy (non-hydrogen) atoms. The molecule has 184 valence electrons. The number of carboxylic acid groups (broad SMARTS) is 1. The summed E-state index contributed by atoms with van der Waals surface area (Å²) in [6, 6.07) is -0.843. The summed E-state index contributed by atoms with van der Waals surface area (Å²) in [4.78, 5) is 23.3. The van der Waals surface area contributed by atoms with Gasteiger partial charge in [0.05, 0.1) is 13.0 Å². The van der Waals surface area contributed by atoms with Gasteiger partial charge < -0.3 is 15.2 Å². The zero-order chi connectivity index (χ0) is 23.0. The minimum atomic E-state index is -0.976. The topological polar surface area (TPSA) is 75.6 Å². The molecule has 1 atom stereocenters. The number of aliphatic carboxylic acids is 1. The number of unbranched alkanes of at least 4 members (excludes halogenated alkanes) is 16. The third-order valence-corrected chi connectivity index (χ3v) is 5.85. The van der Waals surface area contributed by atoms with Crippen molar-refractivity contribution in [2.24, 2.45) is 0 Å². The van der Waals surface area contributed by atoms with Gasteiger partial charge in [0.2, 0.25) is 0 Å². The number of hydrogen-bond donors (Lipinski definition) is 2. The molecular weight excluding hydrogens is 390 g/mol. The molecule has 0 bridgehead atoms. The number of ether oxygens (including phenoxy) is 1. The van der Waals surface area contributed by atoms with Crippen LogP contribution >= 0.6 is 0 Å². The maximum Gasteiger partial charge on any atom is 0.321 e. The van der Waals surface area contributed by atoms with E-state index < -0.39 is 18.0 Å². The predicted octanol–water partition coefficient (Wildman–Crippen LogP) is 7.02. The molecule has 1 unspecified atom stereocenters. The average molecular weight is 442 g/mol. The maximum atomic E-state index is 12.0. The van der Waals surface area contributed by atoms with Crippen molar-refractivity contribution in [1.29, 1.82) is 0 Å². The van der Waals surface area contributed by atoms with Crippen LogP contribution in [0.4, 0.5) is 0 Å². The van der Waals surface area contributed by atoms with Crippen LogP contribution in [0.1, 0.15) is 136 Å². The molecule has 5 heteroatoms. The molecule has 0 aromatic carbocycles. The summed E-state index contributed by atoms with van der Waals surface area (Å²) in [6.07, 6.45) is 22.0. The van der Waals surface area contributed by atoms with E-state index in [0.29, 0.717) is 13.2 Å². The summed E-state index contributed by atoms with van der Waals surface area (Å²) >= 11 is 0. The first-order valence-corrected chi connectivity index (χ1v) is 13.2. The highest BCUT2D eigenvalue weighted by atomic mass is 16.5. The smallest absolute Gasteiger partial charge is 0.321 e. The fourth-order valence-electron chi connectivity index (χ4n) is 3.78. The zero-order valence-electron chi connectivity index (χ0n) is 20.6. The predicted molar refractivity (Wildman–Crippen MR) is 129 cm³/mol. The third kappa shape index (κ3) is 21.9. The van der Waals surface area contributed by atoms with Crippen molar-refractivity contribution in [3.8, 4) is 0 Å². The Bertz CT molecular complexity index is 414. The van der Waals surface area contributed by atoms with Crippen LogP contribution in [-0.2, 0) is 14.3 Å². The Balaban J connectivity index is 3.61. The molecule has 0 aliphatic heterocycles. The molecule has 0 saturated heterocycles. The lowest BCUT2D eigenvalue weighted by Gasteiger charge is -2.14. The molecule has 0 saturated carbocycles. The fraction of sp³-hybridized carbons (Fsp3) is 0.923. The van der Waals surface area contributed by atoms with E-state index in [1.165, 1.54) is 89.9 Å². The summed E-state index contributed by atoms with van der Waals surface area (Å²) in [7, 11) is 0. The Morgan fingerprint density at radius 1 is 0.677 bits per heavy atom. The maximum absolute atomic E-state index is 12.0. The molecule has 5 nitrogen and oxygen atoms in total. The number of carbonyl (C=O) groups excluding carboxylic acids is 1. The van der Waals surface area contributed by atoms with E-state index in [4.69, 9.17) is 4.74 Å². The number of hydrogen-bond acceptors (Lipinski definition) is 4. The number of rotatable bonds is 24. The van der Waals surface area contributed by atoms with E-state index >= 15 is 0 Å². The van der Waals surface area contributed by atoms with Crippen molar-refractivity contribution in [2.45, 2.75) is 142 Å². The van der Waals surface area contributed by atoms with Gasteiger partial charge in [-0.25, -0.2) is 0 Å². The monoisotopic (exact) mass is 441 g/mol. The molecule has 0 aliphatic rings. The van der Waals surface area contributed by atoms with Gasteiger partial charge in [-0.1, -0.05) is 117 Å². The summed E-state index contributed by atoms with van der Waals surface area (Å²) in [5.74, 6) is -1.39. The molecule has 0 heterocycles. The van der Waals surface area contributed by atoms with E-state index in [1.807, 2.05) is 0 Å². The van der Waals surface area contributed by atoms with Gasteiger partial charge in [0.1, 0.15) is 6.04 Å². The van der Waals surface area contributed by atoms with Crippen molar-refractivity contribution < 1.29 is 19.4 Å². The van der Waals surface area contributed by atoms with Crippen molar-refractivity contribution in [3.63, 3.8) is 0 Å². The summed E-state index contributed by atoms with van der Waals surface area (Å²) in [5.41, 5.74) is 0. The molecule has 0 radical (unpaired) electrons. The lowest BCUT2D eigenvalue weighted by atomic mass is 10.1. The van der Waals surface area contributed by atoms with E-state index in [2.05, 4.69) is 19.2 Å². The first kappa shape index (κ1) is 29.9. The van der Waals surface area contributed by atoms with E-state index in [1.54, 1.807) is 0 Å². The standard InChI is InChI=1S/C26H51NO4/c1-3-5-7-9-11-13-14-16-18-20-22-31-25(28)23-24(26(29)30)27-21-19-17-15-12-10-8-6-4-2/h24,27H,3-23H2,1-2H3,(H,29,30). The zero-order valence-corrected chi connectivity index (χ0v) is 20.6. The number of esters is 1. The van der Waals surface area contributed by atoms with Crippen molar-refractivity contribution >= 4 is 11.9 Å². The Morgan fingerprint density at radius 2 is 1.10 bits per heavy atom. The van der Waals surface area contributed by atoms with Crippen LogP contribution in [0.2, 0.25) is 0 Å². The summed E-state index contributed by atoms with van der Waals surface area (Å²) < 4.78 is 5.24. The Labute approximate surface area is 192 Å². The van der Waals surface area contributed by atoms with Gasteiger partial charge in [-0.2, -0.15) is 0 Å². The SMILES string of the molecule is CCCCCCCCCCCCOC(=O)CC(NCCCCCCCCCC)C(=O)O. The second-order valence-electron chi connectivity index (χ2n) is 8.93. The van der Waals surface area contributed by atoms with Gasteiger partial charge >= 0.3 is 11.9 Å². The van der Waals surface area contributed by atoms with Gasteiger partial charge in [0.15, 0.2) is 0 Å². The number of nitrogens with one attached hydrogen (secondary N) is 1. The lowest BCUT2D eigenvalue weighted by Crippen LogP contribution is -2.39. The van der Waals surface area contributed by atoms with Gasteiger partial charge in [-0.15, -0.1) is 0 Å². The summed E-state index contributed by atoms with van der Waals surface area (Å²) in [6.45, 7) is 5.50. The lowest BCUT2D eigenvalue weighted by molar-refractivity contribution is -0.149. The summed E-state index contributed by atoms with van der Waals surface area (Å²) in [5, 5.41) is 12.3. The van der Waals surface area contributed by atoms with E-state index in [-0.39, 0.29) is 6.42 Å². The minimum absolute atomic E-state index is 0.0931. The van der Waals surface area contributed by atoms with Crippen LogP contribution < -0.4 is 5.32 Å². The fourth-order valence-corrected chi connectivity index (χ4v) is 3.78. The number of carboxylic acids is 1. The van der Waals surface area contributed by atoms with Crippen LogP contribution in [0.5, 0.6) is 0 Å². The molecular formula is C26H51NO4. The third-order valence-electron chi connectivity index (χ3n) is 5.85. The molecule has 0 rings (SSSR count). The van der Waals surface area contributed by atoms with Crippen LogP contribution in [0.15, 0.2) is 0 Å². The van der Waals surface area contributed by atoms with Gasteiger partial charge in [-0.05, 0) is 19.4 Å². The Morgan fingerprint density at radius 3 is 1.55 bits per heavy atom. The Kier molecular flexibility index (Phi) is 22.7. The highest BCUT2D eigenvalue weighted by molar-refractivity contribution is 5.81.